The van der Waals surface area contributed by atoms with E-state index >= 15 is 0 Å². The Morgan fingerprint density at radius 1 is 1.78 bits per heavy atom. The summed E-state index contributed by atoms with van der Waals surface area (Å²) in [7, 11) is 0. The Hall–Kier alpha value is -0.800. The third-order valence-electron chi connectivity index (χ3n) is 1.22. The first-order valence-corrected chi connectivity index (χ1v) is 2.84. The zero-order chi connectivity index (χ0) is 6.69. The maximum Gasteiger partial charge on any atom is 0.0246 e. The van der Waals surface area contributed by atoms with Gasteiger partial charge in [0.25, 0.3) is 0 Å². The molecule has 1 heterocycles. The van der Waals surface area contributed by atoms with Crippen LogP contribution in [0.3, 0.4) is 0 Å². The second kappa shape index (κ2) is 2.66. The zero-order valence-electron chi connectivity index (χ0n) is 5.08. The molecule has 0 radical (unpaired) electrons. The largest absolute Gasteiger partial charge is 0.758 e. The smallest absolute Gasteiger partial charge is 0.0246 e. The summed E-state index contributed by atoms with van der Waals surface area (Å²) in [5, 5.41) is 11.3. The first kappa shape index (κ1) is 6.32. The van der Waals surface area contributed by atoms with Gasteiger partial charge in [-0.05, 0) is 17.8 Å². The second-order valence-corrected chi connectivity index (χ2v) is 1.90. The predicted octanol–water partition coefficient (Wildman–Crippen LogP) is 0.199. The lowest BCUT2D eigenvalue weighted by Gasteiger charge is -2.27. The van der Waals surface area contributed by atoms with E-state index in [0.29, 0.717) is 13.1 Å². The van der Waals surface area contributed by atoms with Crippen LogP contribution >= 0.6 is 0 Å². The highest BCUT2D eigenvalue weighted by Crippen LogP contribution is 2.02. The Morgan fingerprint density at radius 2 is 2.56 bits per heavy atom. The van der Waals surface area contributed by atoms with Crippen molar-refractivity contribution >= 4 is 0 Å². The summed E-state index contributed by atoms with van der Waals surface area (Å²) in [5.41, 5.74) is 6.34. The summed E-state index contributed by atoms with van der Waals surface area (Å²) in [5.74, 6) is 0. The van der Waals surface area contributed by atoms with Crippen molar-refractivity contribution in [1.82, 2.24) is 5.06 Å². The minimum absolute atomic E-state index is 0.434. The summed E-state index contributed by atoms with van der Waals surface area (Å²) >= 11 is 0. The Balaban J connectivity index is 2.52. The lowest BCUT2D eigenvalue weighted by atomic mass is 10.2. The molecule has 1 rings (SSSR count). The van der Waals surface area contributed by atoms with Crippen LogP contribution < -0.4 is 5.73 Å². The van der Waals surface area contributed by atoms with E-state index in [2.05, 4.69) is 0 Å². The van der Waals surface area contributed by atoms with Gasteiger partial charge in [-0.25, -0.2) is 0 Å². The average Bonchev–Trinajstić information content (AvgIpc) is 1.90. The van der Waals surface area contributed by atoms with Crippen LogP contribution in [-0.2, 0) is 0 Å². The summed E-state index contributed by atoms with van der Waals surface area (Å²) in [6.07, 6.45) is 5.05. The maximum atomic E-state index is 10.5. The van der Waals surface area contributed by atoms with E-state index in [9.17, 15) is 5.21 Å². The summed E-state index contributed by atoms with van der Waals surface area (Å²) < 4.78 is 0. The van der Waals surface area contributed by atoms with Crippen molar-refractivity contribution in [2.75, 3.05) is 13.1 Å². The van der Waals surface area contributed by atoms with Gasteiger partial charge in [0.15, 0.2) is 0 Å². The zero-order valence-corrected chi connectivity index (χ0v) is 5.08. The first-order chi connectivity index (χ1) is 4.33. The molecule has 0 aliphatic carbocycles. The van der Waals surface area contributed by atoms with E-state index in [1.165, 1.54) is 6.20 Å². The normalized spacial score (nSPS) is 18.0. The van der Waals surface area contributed by atoms with Crippen molar-refractivity contribution in [3.8, 4) is 0 Å². The third-order valence-corrected chi connectivity index (χ3v) is 1.22. The molecule has 50 valence electrons. The van der Waals surface area contributed by atoms with Crippen LogP contribution in [0.2, 0.25) is 0 Å². The second-order valence-electron chi connectivity index (χ2n) is 1.90. The molecule has 0 unspecified atom stereocenters. The SMILES string of the molecule is NCC1=CCN([O-])C=C1. The average molecular weight is 125 g/mol. The van der Waals surface area contributed by atoms with E-state index in [4.69, 9.17) is 5.73 Å². The summed E-state index contributed by atoms with van der Waals surface area (Å²) in [6.45, 7) is 0.952. The molecule has 3 heteroatoms. The molecule has 0 fully saturated rings. The van der Waals surface area contributed by atoms with Crippen LogP contribution in [0.15, 0.2) is 23.9 Å². The molecular weight excluding hydrogens is 116 g/mol. The molecular formula is C6H9N2O-. The monoisotopic (exact) mass is 125 g/mol. The molecule has 0 aromatic carbocycles. The number of rotatable bonds is 1. The summed E-state index contributed by atoms with van der Waals surface area (Å²) in [4.78, 5) is 0. The fraction of sp³-hybridized carbons (Fsp3) is 0.333. The highest BCUT2D eigenvalue weighted by atomic mass is 16.5. The van der Waals surface area contributed by atoms with E-state index in [1.54, 1.807) is 6.08 Å². The lowest BCUT2D eigenvalue weighted by molar-refractivity contribution is 0.560. The Kier molecular flexibility index (Phi) is 1.87. The molecule has 2 N–H and O–H groups in total. The van der Waals surface area contributed by atoms with Gasteiger partial charge in [-0.2, -0.15) is 0 Å². The van der Waals surface area contributed by atoms with Gasteiger partial charge in [0, 0.05) is 13.1 Å². The van der Waals surface area contributed by atoms with Gasteiger partial charge in [-0.3, -0.25) is 0 Å². The molecule has 0 aromatic heterocycles. The van der Waals surface area contributed by atoms with Crippen LogP contribution in [-0.4, -0.2) is 18.2 Å². The Labute approximate surface area is 54.0 Å². The topological polar surface area (TPSA) is 52.3 Å². The first-order valence-electron chi connectivity index (χ1n) is 2.84. The highest BCUT2D eigenvalue weighted by molar-refractivity contribution is 5.23. The minimum Gasteiger partial charge on any atom is -0.758 e. The van der Waals surface area contributed by atoms with E-state index in [0.717, 1.165) is 10.6 Å². The molecule has 0 saturated heterocycles. The molecule has 0 spiro atoms. The molecule has 0 bridgehead atoms. The van der Waals surface area contributed by atoms with Crippen molar-refractivity contribution in [2.45, 2.75) is 0 Å². The Bertz CT molecular complexity index is 151. The standard InChI is InChI=1S/C6H9N2O/c7-5-6-1-3-8(9)4-2-6/h1-3H,4-5,7H2/q-1. The summed E-state index contributed by atoms with van der Waals surface area (Å²) in [6, 6.07) is 0. The number of hydrogen-bond donors (Lipinski definition) is 1. The van der Waals surface area contributed by atoms with Crippen molar-refractivity contribution < 1.29 is 0 Å². The number of nitrogens with zero attached hydrogens (tertiary/aromatic N) is 1. The van der Waals surface area contributed by atoms with Gasteiger partial charge in [-0.1, -0.05) is 6.08 Å². The van der Waals surface area contributed by atoms with E-state index < -0.39 is 0 Å². The maximum absolute atomic E-state index is 10.5. The number of nitrogens with two attached hydrogens (primary N) is 1. The van der Waals surface area contributed by atoms with Crippen molar-refractivity contribution in [1.29, 1.82) is 0 Å². The minimum atomic E-state index is 0.434. The Morgan fingerprint density at radius 3 is 3.00 bits per heavy atom. The van der Waals surface area contributed by atoms with Crippen LogP contribution in [0, 0.1) is 5.21 Å². The van der Waals surface area contributed by atoms with Crippen LogP contribution in [0.5, 0.6) is 0 Å². The van der Waals surface area contributed by atoms with Gasteiger partial charge in [0.1, 0.15) is 0 Å². The molecule has 3 nitrogen and oxygen atoms in total. The molecule has 1 aliphatic rings. The van der Waals surface area contributed by atoms with Crippen molar-refractivity contribution in [3.05, 3.63) is 29.1 Å². The van der Waals surface area contributed by atoms with E-state index in [1.807, 2.05) is 6.08 Å². The fourth-order valence-electron chi connectivity index (χ4n) is 0.666. The van der Waals surface area contributed by atoms with Gasteiger partial charge >= 0.3 is 0 Å². The lowest BCUT2D eigenvalue weighted by Crippen LogP contribution is -2.14. The molecule has 1 aliphatic heterocycles. The highest BCUT2D eigenvalue weighted by Gasteiger charge is 1.92. The molecule has 0 atom stereocenters. The van der Waals surface area contributed by atoms with Crippen LogP contribution in [0.1, 0.15) is 0 Å². The molecule has 0 amide bonds. The predicted molar refractivity (Wildman–Crippen MR) is 36.4 cm³/mol. The van der Waals surface area contributed by atoms with Gasteiger partial charge in [-0.15, -0.1) is 0 Å². The van der Waals surface area contributed by atoms with Gasteiger partial charge < -0.3 is 16.0 Å². The fourth-order valence-corrected chi connectivity index (χ4v) is 0.666. The molecule has 0 aromatic rings. The number of hydroxylamine groups is 2. The van der Waals surface area contributed by atoms with Gasteiger partial charge in [0.05, 0.1) is 0 Å². The van der Waals surface area contributed by atoms with Crippen LogP contribution in [0.4, 0.5) is 0 Å². The van der Waals surface area contributed by atoms with Gasteiger partial charge in [0.2, 0.25) is 0 Å². The quantitative estimate of drug-likeness (QED) is 0.544. The third kappa shape index (κ3) is 1.55. The van der Waals surface area contributed by atoms with E-state index in [-0.39, 0.29) is 0 Å². The number of hydrogen-bond acceptors (Lipinski definition) is 3. The molecule has 9 heavy (non-hydrogen) atoms. The van der Waals surface area contributed by atoms with Crippen molar-refractivity contribution in [3.63, 3.8) is 0 Å². The van der Waals surface area contributed by atoms with Crippen molar-refractivity contribution in [2.24, 2.45) is 5.73 Å². The molecule has 0 saturated carbocycles. The van der Waals surface area contributed by atoms with Crippen LogP contribution in [0.25, 0.3) is 0 Å².